The minimum absolute atomic E-state index is 0.183. The number of nitrogens with one attached hydrogen (secondary N) is 1. The Balaban J connectivity index is 1.14. The summed E-state index contributed by atoms with van der Waals surface area (Å²) in [5.41, 5.74) is 4.81. The molecule has 44 heavy (non-hydrogen) atoms. The normalized spacial score (nSPS) is 15.3. The third-order valence-corrected chi connectivity index (χ3v) is 8.14. The number of carbonyl (C=O) groups is 1. The molecule has 1 aromatic heterocycles. The van der Waals surface area contributed by atoms with Crippen molar-refractivity contribution in [2.75, 3.05) is 23.7 Å². The van der Waals surface area contributed by atoms with Crippen LogP contribution in [0.2, 0.25) is 0 Å². The average Bonchev–Trinajstić information content (AvgIpc) is 3.51. The maximum absolute atomic E-state index is 12.8. The minimum atomic E-state index is -4.74. The highest BCUT2D eigenvalue weighted by Gasteiger charge is 2.31. The number of amides is 2. The van der Waals surface area contributed by atoms with Gasteiger partial charge in [-0.1, -0.05) is 68.1 Å². The second-order valence-electron chi connectivity index (χ2n) is 10.5. The summed E-state index contributed by atoms with van der Waals surface area (Å²) >= 11 is 1.61. The molecule has 1 fully saturated rings. The molecular formula is C32H33F3N6O2S. The molecule has 230 valence electrons. The number of para-hydroxylation sites is 1. The molecular weight excluding hydrogens is 589 g/mol. The van der Waals surface area contributed by atoms with Gasteiger partial charge in [0.05, 0.1) is 5.69 Å². The highest BCUT2D eigenvalue weighted by molar-refractivity contribution is 8.14. The molecule has 0 spiro atoms. The topological polar surface area (TPSA) is 84.6 Å². The Hall–Kier alpha value is -4.32. The monoisotopic (exact) mass is 622 g/mol. The predicted molar refractivity (Wildman–Crippen MR) is 167 cm³/mol. The lowest BCUT2D eigenvalue weighted by molar-refractivity contribution is -0.274. The Morgan fingerprint density at radius 1 is 1.09 bits per heavy atom. The number of hydrogen-bond acceptors (Lipinski definition) is 5. The van der Waals surface area contributed by atoms with Crippen molar-refractivity contribution >= 4 is 28.6 Å². The SMILES string of the molecule is CCc1ccccc1N1CCCS/C1=N\C(=O)NCC(C)Cc1ccc(-c2ncn(-c3ccc(OC(F)(F)F)cc3)n2)cc1. The number of benzene rings is 3. The summed E-state index contributed by atoms with van der Waals surface area (Å²) < 4.78 is 42.6. The number of anilines is 1. The molecule has 1 N–H and O–H groups in total. The molecule has 2 heterocycles. The van der Waals surface area contributed by atoms with Gasteiger partial charge in [0.2, 0.25) is 0 Å². The van der Waals surface area contributed by atoms with Gasteiger partial charge in [0.1, 0.15) is 12.1 Å². The minimum Gasteiger partial charge on any atom is -0.406 e. The van der Waals surface area contributed by atoms with Crippen LogP contribution in [0.3, 0.4) is 0 Å². The number of hydrogen-bond donors (Lipinski definition) is 1. The third kappa shape index (κ3) is 8.19. The van der Waals surface area contributed by atoms with Crippen molar-refractivity contribution in [1.82, 2.24) is 20.1 Å². The molecule has 0 aliphatic carbocycles. The number of ether oxygens (including phenoxy) is 1. The smallest absolute Gasteiger partial charge is 0.406 e. The van der Waals surface area contributed by atoms with Crippen LogP contribution in [0, 0.1) is 5.92 Å². The first-order chi connectivity index (χ1) is 21.2. The molecule has 1 unspecified atom stereocenters. The van der Waals surface area contributed by atoms with Crippen LogP contribution in [0.25, 0.3) is 17.1 Å². The van der Waals surface area contributed by atoms with Gasteiger partial charge in [-0.25, -0.2) is 14.5 Å². The quantitative estimate of drug-likeness (QED) is 0.211. The van der Waals surface area contributed by atoms with Crippen LogP contribution in [-0.2, 0) is 12.8 Å². The molecule has 4 aromatic rings. The van der Waals surface area contributed by atoms with Crippen LogP contribution in [0.5, 0.6) is 5.75 Å². The zero-order valence-corrected chi connectivity index (χ0v) is 25.2. The van der Waals surface area contributed by atoms with Gasteiger partial charge in [-0.2, -0.15) is 4.99 Å². The molecule has 0 radical (unpaired) electrons. The van der Waals surface area contributed by atoms with Crippen LogP contribution in [0.1, 0.15) is 31.4 Å². The van der Waals surface area contributed by atoms with Crippen molar-refractivity contribution in [3.8, 4) is 22.8 Å². The molecule has 3 aromatic carbocycles. The predicted octanol–water partition coefficient (Wildman–Crippen LogP) is 7.28. The maximum atomic E-state index is 12.8. The van der Waals surface area contributed by atoms with Crippen molar-refractivity contribution in [3.63, 3.8) is 0 Å². The molecule has 1 aliphatic rings. The summed E-state index contributed by atoms with van der Waals surface area (Å²) in [6, 6.07) is 21.2. The van der Waals surface area contributed by atoms with E-state index in [0.29, 0.717) is 18.1 Å². The van der Waals surface area contributed by atoms with Crippen molar-refractivity contribution in [3.05, 3.63) is 90.3 Å². The lowest BCUT2D eigenvalue weighted by Crippen LogP contribution is -2.37. The van der Waals surface area contributed by atoms with Crippen molar-refractivity contribution in [1.29, 1.82) is 0 Å². The van der Waals surface area contributed by atoms with Crippen LogP contribution in [-0.4, -0.2) is 51.2 Å². The van der Waals surface area contributed by atoms with Gasteiger partial charge in [-0.15, -0.1) is 18.3 Å². The van der Waals surface area contributed by atoms with E-state index in [0.717, 1.165) is 53.5 Å². The van der Waals surface area contributed by atoms with Crippen LogP contribution in [0.4, 0.5) is 23.7 Å². The summed E-state index contributed by atoms with van der Waals surface area (Å²) in [6.45, 7) is 5.54. The summed E-state index contributed by atoms with van der Waals surface area (Å²) in [5, 5.41) is 8.16. The molecule has 1 aliphatic heterocycles. The second-order valence-corrected chi connectivity index (χ2v) is 11.5. The fourth-order valence-corrected chi connectivity index (χ4v) is 5.87. The van der Waals surface area contributed by atoms with Crippen LogP contribution >= 0.6 is 11.8 Å². The number of alkyl halides is 3. The largest absolute Gasteiger partial charge is 0.573 e. The summed E-state index contributed by atoms with van der Waals surface area (Å²) in [4.78, 5) is 23.7. The number of thioether (sulfide) groups is 1. The number of amidine groups is 1. The van der Waals surface area contributed by atoms with E-state index in [9.17, 15) is 18.0 Å². The summed E-state index contributed by atoms with van der Waals surface area (Å²) in [5.74, 6) is 1.31. The van der Waals surface area contributed by atoms with Crippen LogP contribution < -0.4 is 15.0 Å². The first-order valence-electron chi connectivity index (χ1n) is 14.4. The van der Waals surface area contributed by atoms with Gasteiger partial charge in [0.15, 0.2) is 11.0 Å². The van der Waals surface area contributed by atoms with E-state index in [1.54, 1.807) is 11.8 Å². The Morgan fingerprint density at radius 3 is 2.57 bits per heavy atom. The number of carbonyl (C=O) groups excluding carboxylic acids is 1. The zero-order chi connectivity index (χ0) is 31.1. The summed E-state index contributed by atoms with van der Waals surface area (Å²) in [7, 11) is 0. The number of aliphatic imine (C=N–C) groups is 1. The van der Waals surface area contributed by atoms with E-state index >= 15 is 0 Å². The molecule has 12 heteroatoms. The second kappa shape index (κ2) is 14.0. The molecule has 0 saturated carbocycles. The lowest BCUT2D eigenvalue weighted by atomic mass is 10.00. The van der Waals surface area contributed by atoms with Gasteiger partial charge in [-0.05, 0) is 66.6 Å². The first kappa shape index (κ1) is 31.1. The Kier molecular flexibility index (Phi) is 9.89. The third-order valence-electron chi connectivity index (χ3n) is 7.07. The Bertz CT molecular complexity index is 1590. The van der Waals surface area contributed by atoms with E-state index in [-0.39, 0.29) is 17.7 Å². The molecule has 0 bridgehead atoms. The zero-order valence-electron chi connectivity index (χ0n) is 24.4. The number of rotatable bonds is 9. The van der Waals surface area contributed by atoms with E-state index in [1.165, 1.54) is 40.8 Å². The first-order valence-corrected chi connectivity index (χ1v) is 15.4. The van der Waals surface area contributed by atoms with E-state index in [4.69, 9.17) is 0 Å². The summed E-state index contributed by atoms with van der Waals surface area (Å²) in [6.07, 6.45) is -0.528. The lowest BCUT2D eigenvalue weighted by Gasteiger charge is -2.31. The van der Waals surface area contributed by atoms with E-state index in [2.05, 4.69) is 56.0 Å². The molecule has 5 rings (SSSR count). The molecule has 8 nitrogen and oxygen atoms in total. The maximum Gasteiger partial charge on any atom is 0.573 e. The van der Waals surface area contributed by atoms with Crippen molar-refractivity contribution in [2.45, 2.75) is 39.5 Å². The van der Waals surface area contributed by atoms with E-state index < -0.39 is 6.36 Å². The van der Waals surface area contributed by atoms with Gasteiger partial charge in [-0.3, -0.25) is 0 Å². The van der Waals surface area contributed by atoms with Gasteiger partial charge < -0.3 is 15.0 Å². The standard InChI is InChI=1S/C32H33F3N6O2S/c1-3-24-7-4-5-8-28(24)40-17-6-18-44-31(40)38-30(42)36-20-22(2)19-23-9-11-25(12-10-23)29-37-21-41(39-29)26-13-15-27(16-14-26)43-32(33,34)35/h4-5,7-16,21-22H,3,6,17-20H2,1-2H3,(H,36,42)/b38-31-. The van der Waals surface area contributed by atoms with Gasteiger partial charge in [0.25, 0.3) is 0 Å². The fraction of sp³-hybridized carbons (Fsp3) is 0.312. The number of aryl methyl sites for hydroxylation is 1. The van der Waals surface area contributed by atoms with Gasteiger partial charge >= 0.3 is 12.4 Å². The fourth-order valence-electron chi connectivity index (χ4n) is 4.92. The van der Waals surface area contributed by atoms with E-state index in [1.807, 2.05) is 36.4 Å². The van der Waals surface area contributed by atoms with Crippen LogP contribution in [0.15, 0.2) is 84.1 Å². The Labute approximate surface area is 258 Å². The highest BCUT2D eigenvalue weighted by atomic mass is 32.2. The molecule has 2 amide bonds. The van der Waals surface area contributed by atoms with Crippen molar-refractivity contribution < 1.29 is 22.7 Å². The Morgan fingerprint density at radius 2 is 1.84 bits per heavy atom. The van der Waals surface area contributed by atoms with Crippen molar-refractivity contribution in [2.24, 2.45) is 10.9 Å². The number of halogens is 3. The number of urea groups is 1. The highest BCUT2D eigenvalue weighted by Crippen LogP contribution is 2.29. The average molecular weight is 623 g/mol. The number of aromatic nitrogens is 3. The van der Waals surface area contributed by atoms with Gasteiger partial charge in [0, 0.05) is 30.1 Å². The molecule has 1 saturated heterocycles. The number of nitrogens with zero attached hydrogens (tertiary/aromatic N) is 5. The molecule has 1 atom stereocenters.